The highest BCUT2D eigenvalue weighted by molar-refractivity contribution is 7.98. The van der Waals surface area contributed by atoms with Gasteiger partial charge in [0.2, 0.25) is 0 Å². The predicted molar refractivity (Wildman–Crippen MR) is 83.4 cm³/mol. The first-order valence-electron chi connectivity index (χ1n) is 6.33. The number of thioether (sulfide) groups is 1. The molecule has 0 amide bonds. The SMILES string of the molecule is CSc1nc(NN)cc(NC(C)(C)CC(C)(C)C)n1. The van der Waals surface area contributed by atoms with Gasteiger partial charge < -0.3 is 10.7 Å². The van der Waals surface area contributed by atoms with Crippen molar-refractivity contribution in [3.05, 3.63) is 6.07 Å². The van der Waals surface area contributed by atoms with E-state index >= 15 is 0 Å². The van der Waals surface area contributed by atoms with Crippen molar-refractivity contribution in [3.63, 3.8) is 0 Å². The van der Waals surface area contributed by atoms with Crippen molar-refractivity contribution < 1.29 is 0 Å². The van der Waals surface area contributed by atoms with E-state index in [-0.39, 0.29) is 11.0 Å². The maximum absolute atomic E-state index is 5.43. The van der Waals surface area contributed by atoms with Gasteiger partial charge in [0.05, 0.1) is 0 Å². The van der Waals surface area contributed by atoms with Crippen LogP contribution in [0.15, 0.2) is 11.2 Å². The van der Waals surface area contributed by atoms with E-state index in [2.05, 4.69) is 55.3 Å². The molecule has 6 heteroatoms. The second-order valence-corrected chi connectivity index (χ2v) is 7.29. The number of anilines is 2. The number of nitrogen functional groups attached to an aromatic ring is 1. The fourth-order valence-corrected chi connectivity index (χ4v) is 2.75. The minimum Gasteiger partial charge on any atom is -0.365 e. The van der Waals surface area contributed by atoms with E-state index in [1.54, 1.807) is 0 Å². The highest BCUT2D eigenvalue weighted by Gasteiger charge is 2.25. The molecule has 5 nitrogen and oxygen atoms in total. The topological polar surface area (TPSA) is 75.9 Å². The number of hydrazine groups is 1. The molecular formula is C13H25N5S. The lowest BCUT2D eigenvalue weighted by Crippen LogP contribution is -2.35. The summed E-state index contributed by atoms with van der Waals surface area (Å²) in [4.78, 5) is 8.71. The molecule has 1 heterocycles. The van der Waals surface area contributed by atoms with Gasteiger partial charge in [0.15, 0.2) is 5.16 Å². The number of nitrogens with two attached hydrogens (primary N) is 1. The van der Waals surface area contributed by atoms with Crippen molar-refractivity contribution in [3.8, 4) is 0 Å². The first kappa shape index (κ1) is 16.0. The third kappa shape index (κ3) is 5.65. The van der Waals surface area contributed by atoms with Crippen molar-refractivity contribution in [2.75, 3.05) is 17.0 Å². The lowest BCUT2D eigenvalue weighted by molar-refractivity contribution is 0.302. The van der Waals surface area contributed by atoms with Crippen molar-refractivity contribution in [1.82, 2.24) is 9.97 Å². The van der Waals surface area contributed by atoms with Crippen LogP contribution in [0.3, 0.4) is 0 Å². The zero-order valence-electron chi connectivity index (χ0n) is 12.7. The lowest BCUT2D eigenvalue weighted by atomic mass is 9.82. The monoisotopic (exact) mass is 283 g/mol. The van der Waals surface area contributed by atoms with Gasteiger partial charge in [-0.1, -0.05) is 32.5 Å². The summed E-state index contributed by atoms with van der Waals surface area (Å²) in [5.41, 5.74) is 2.77. The molecule has 1 rings (SSSR count). The predicted octanol–water partition coefficient (Wildman–Crippen LogP) is 3.11. The van der Waals surface area contributed by atoms with Crippen LogP contribution >= 0.6 is 11.8 Å². The fourth-order valence-electron chi connectivity index (χ4n) is 2.37. The van der Waals surface area contributed by atoms with Crippen LogP contribution in [-0.4, -0.2) is 21.8 Å². The van der Waals surface area contributed by atoms with E-state index in [1.807, 2.05) is 12.3 Å². The molecule has 0 aromatic carbocycles. The number of nitrogens with zero attached hydrogens (tertiary/aromatic N) is 2. The molecule has 0 saturated heterocycles. The molecule has 4 N–H and O–H groups in total. The van der Waals surface area contributed by atoms with E-state index in [1.165, 1.54) is 11.8 Å². The Morgan fingerprint density at radius 3 is 2.21 bits per heavy atom. The average molecular weight is 283 g/mol. The van der Waals surface area contributed by atoms with Crippen LogP contribution in [0.4, 0.5) is 11.6 Å². The van der Waals surface area contributed by atoms with E-state index in [0.29, 0.717) is 11.0 Å². The highest BCUT2D eigenvalue weighted by Crippen LogP contribution is 2.30. The molecule has 1 aromatic rings. The fraction of sp³-hybridized carbons (Fsp3) is 0.692. The van der Waals surface area contributed by atoms with Crippen LogP contribution in [-0.2, 0) is 0 Å². The van der Waals surface area contributed by atoms with E-state index < -0.39 is 0 Å². The summed E-state index contributed by atoms with van der Waals surface area (Å²) in [6.45, 7) is 11.0. The molecule has 0 atom stereocenters. The second kappa shape index (κ2) is 5.96. The normalized spacial score (nSPS) is 12.4. The Labute approximate surface area is 120 Å². The Morgan fingerprint density at radius 2 is 1.74 bits per heavy atom. The quantitative estimate of drug-likeness (QED) is 0.334. The van der Waals surface area contributed by atoms with Gasteiger partial charge in [-0.05, 0) is 31.9 Å². The number of nitrogens with one attached hydrogen (secondary N) is 2. The van der Waals surface area contributed by atoms with Gasteiger partial charge >= 0.3 is 0 Å². The first-order valence-corrected chi connectivity index (χ1v) is 7.55. The summed E-state index contributed by atoms with van der Waals surface area (Å²) in [5, 5.41) is 4.16. The summed E-state index contributed by atoms with van der Waals surface area (Å²) in [7, 11) is 0. The molecular weight excluding hydrogens is 258 g/mol. The summed E-state index contributed by atoms with van der Waals surface area (Å²) < 4.78 is 0. The summed E-state index contributed by atoms with van der Waals surface area (Å²) in [6, 6.07) is 1.82. The van der Waals surface area contributed by atoms with Gasteiger partial charge in [-0.2, -0.15) is 0 Å². The second-order valence-electron chi connectivity index (χ2n) is 6.52. The van der Waals surface area contributed by atoms with Crippen LogP contribution in [0.25, 0.3) is 0 Å². The van der Waals surface area contributed by atoms with Gasteiger partial charge in [0.25, 0.3) is 0 Å². The van der Waals surface area contributed by atoms with E-state index in [4.69, 9.17) is 5.84 Å². The van der Waals surface area contributed by atoms with Crippen LogP contribution < -0.4 is 16.6 Å². The highest BCUT2D eigenvalue weighted by atomic mass is 32.2. The number of hydrogen-bond acceptors (Lipinski definition) is 6. The smallest absolute Gasteiger partial charge is 0.191 e. The van der Waals surface area contributed by atoms with Crippen LogP contribution in [0, 0.1) is 5.41 Å². The van der Waals surface area contributed by atoms with Crippen LogP contribution in [0.2, 0.25) is 0 Å². The van der Waals surface area contributed by atoms with Gasteiger partial charge in [-0.15, -0.1) is 0 Å². The molecule has 0 aliphatic heterocycles. The Morgan fingerprint density at radius 1 is 1.16 bits per heavy atom. The van der Waals surface area contributed by atoms with Crippen molar-refractivity contribution >= 4 is 23.4 Å². The molecule has 0 aliphatic rings. The molecule has 1 aromatic heterocycles. The maximum atomic E-state index is 5.43. The Hall–Kier alpha value is -1.01. The average Bonchev–Trinajstić information content (AvgIpc) is 2.24. The third-order valence-corrected chi connectivity index (χ3v) is 3.02. The summed E-state index contributed by atoms with van der Waals surface area (Å²) >= 11 is 1.49. The standard InChI is InChI=1S/C13H25N5S/c1-12(2,3)8-13(4,5)17-9-7-10(18-14)16-11(15-9)19-6/h7H,8,14H2,1-6H3,(H2,15,16,17,18). The summed E-state index contributed by atoms with van der Waals surface area (Å²) in [6.07, 6.45) is 2.98. The molecule has 108 valence electrons. The molecule has 0 radical (unpaired) electrons. The van der Waals surface area contributed by atoms with Gasteiger partial charge in [0.1, 0.15) is 11.6 Å². The number of aromatic nitrogens is 2. The molecule has 0 unspecified atom stereocenters. The lowest BCUT2D eigenvalue weighted by Gasteiger charge is -2.33. The van der Waals surface area contributed by atoms with Gasteiger partial charge in [0, 0.05) is 11.6 Å². The van der Waals surface area contributed by atoms with E-state index in [9.17, 15) is 0 Å². The Balaban J connectivity index is 2.91. The Kier molecular flexibility index (Phi) is 5.04. The number of rotatable bonds is 5. The van der Waals surface area contributed by atoms with E-state index in [0.717, 1.165) is 12.2 Å². The zero-order valence-corrected chi connectivity index (χ0v) is 13.5. The largest absolute Gasteiger partial charge is 0.365 e. The minimum atomic E-state index is -0.0475. The molecule has 0 aliphatic carbocycles. The van der Waals surface area contributed by atoms with Gasteiger partial charge in [-0.3, -0.25) is 0 Å². The molecule has 0 saturated carbocycles. The Bertz CT molecular complexity index is 403. The third-order valence-electron chi connectivity index (χ3n) is 2.47. The van der Waals surface area contributed by atoms with Crippen molar-refractivity contribution in [1.29, 1.82) is 0 Å². The van der Waals surface area contributed by atoms with Crippen molar-refractivity contribution in [2.45, 2.75) is 51.7 Å². The van der Waals surface area contributed by atoms with Crippen LogP contribution in [0.5, 0.6) is 0 Å². The van der Waals surface area contributed by atoms with Crippen molar-refractivity contribution in [2.24, 2.45) is 11.3 Å². The first-order chi connectivity index (χ1) is 8.65. The number of hydrogen-bond donors (Lipinski definition) is 3. The molecule has 0 spiro atoms. The molecule has 0 bridgehead atoms. The zero-order chi connectivity index (χ0) is 14.7. The van der Waals surface area contributed by atoms with Crippen LogP contribution in [0.1, 0.15) is 41.0 Å². The molecule has 0 fully saturated rings. The molecule has 19 heavy (non-hydrogen) atoms. The minimum absolute atomic E-state index is 0.0475. The van der Waals surface area contributed by atoms with Gasteiger partial charge in [-0.25, -0.2) is 15.8 Å². The summed E-state index contributed by atoms with van der Waals surface area (Å²) in [5.74, 6) is 6.84. The maximum Gasteiger partial charge on any atom is 0.191 e.